The molecule has 0 aliphatic rings. The van der Waals surface area contributed by atoms with Crippen LogP contribution in [0.1, 0.15) is 23.2 Å². The van der Waals surface area contributed by atoms with E-state index >= 15 is 0 Å². The highest BCUT2D eigenvalue weighted by atomic mass is 32.2. The first-order valence-electron chi connectivity index (χ1n) is 5.53. The molecule has 0 bridgehead atoms. The lowest BCUT2D eigenvalue weighted by atomic mass is 10.2. The van der Waals surface area contributed by atoms with Gasteiger partial charge in [0.15, 0.2) is 0 Å². The van der Waals surface area contributed by atoms with Gasteiger partial charge in [0.1, 0.15) is 0 Å². The lowest BCUT2D eigenvalue weighted by molar-refractivity contribution is 0.0662. The van der Waals surface area contributed by atoms with Gasteiger partial charge in [-0.25, -0.2) is 9.78 Å². The van der Waals surface area contributed by atoms with Gasteiger partial charge in [-0.2, -0.15) is 0 Å². The lowest BCUT2D eigenvalue weighted by Gasteiger charge is -1.97. The molecule has 0 saturated heterocycles. The standard InChI is InChI=1S/C13H13NO3S/c1-3-10-11(13(15)16)17-12(14-10)8-4-6-9(18-2)7-5-8/h4-7H,3H2,1-2H3,(H,15,16). The van der Waals surface area contributed by atoms with Crippen molar-refractivity contribution in [2.45, 2.75) is 18.2 Å². The van der Waals surface area contributed by atoms with Gasteiger partial charge in [0.2, 0.25) is 11.7 Å². The van der Waals surface area contributed by atoms with Crippen molar-refractivity contribution in [3.63, 3.8) is 0 Å². The minimum atomic E-state index is -1.08. The summed E-state index contributed by atoms with van der Waals surface area (Å²) in [6, 6.07) is 7.66. The highest BCUT2D eigenvalue weighted by molar-refractivity contribution is 7.98. The number of hydrogen-bond donors (Lipinski definition) is 1. The third-order valence-corrected chi connectivity index (χ3v) is 3.31. The highest BCUT2D eigenvalue weighted by Gasteiger charge is 2.18. The Kier molecular flexibility index (Phi) is 3.72. The molecule has 18 heavy (non-hydrogen) atoms. The third kappa shape index (κ3) is 2.41. The molecule has 1 aromatic carbocycles. The van der Waals surface area contributed by atoms with E-state index in [1.807, 2.05) is 37.4 Å². The van der Waals surface area contributed by atoms with Crippen molar-refractivity contribution in [3.05, 3.63) is 35.7 Å². The first-order valence-corrected chi connectivity index (χ1v) is 6.75. The van der Waals surface area contributed by atoms with Crippen molar-refractivity contribution in [1.29, 1.82) is 0 Å². The number of carboxylic acid groups (broad SMARTS) is 1. The van der Waals surface area contributed by atoms with E-state index in [9.17, 15) is 4.79 Å². The summed E-state index contributed by atoms with van der Waals surface area (Å²) < 4.78 is 5.31. The van der Waals surface area contributed by atoms with Crippen LogP contribution in [-0.2, 0) is 6.42 Å². The number of rotatable bonds is 4. The smallest absolute Gasteiger partial charge is 0.373 e. The molecule has 0 spiro atoms. The molecule has 2 aromatic rings. The largest absolute Gasteiger partial charge is 0.475 e. The van der Waals surface area contributed by atoms with Crippen LogP contribution in [0.4, 0.5) is 0 Å². The molecular weight excluding hydrogens is 250 g/mol. The quantitative estimate of drug-likeness (QED) is 0.857. The second kappa shape index (κ2) is 5.27. The fourth-order valence-electron chi connectivity index (χ4n) is 1.62. The Morgan fingerprint density at radius 1 is 1.39 bits per heavy atom. The van der Waals surface area contributed by atoms with Gasteiger partial charge in [-0.3, -0.25) is 0 Å². The number of carboxylic acids is 1. The molecule has 5 heteroatoms. The van der Waals surface area contributed by atoms with Gasteiger partial charge in [0.05, 0.1) is 5.69 Å². The van der Waals surface area contributed by atoms with E-state index in [1.54, 1.807) is 11.8 Å². The van der Waals surface area contributed by atoms with Crippen molar-refractivity contribution in [1.82, 2.24) is 4.98 Å². The fraction of sp³-hybridized carbons (Fsp3) is 0.231. The Hall–Kier alpha value is -1.75. The molecule has 0 saturated carbocycles. The van der Waals surface area contributed by atoms with Crippen molar-refractivity contribution in [3.8, 4) is 11.5 Å². The summed E-state index contributed by atoms with van der Waals surface area (Å²) in [4.78, 5) is 16.3. The average molecular weight is 263 g/mol. The molecule has 4 nitrogen and oxygen atoms in total. The van der Waals surface area contributed by atoms with Gasteiger partial charge in [-0.05, 0) is 36.9 Å². The molecule has 0 aliphatic heterocycles. The minimum absolute atomic E-state index is 0.0681. The number of nitrogens with zero attached hydrogens (tertiary/aromatic N) is 1. The Morgan fingerprint density at radius 3 is 2.50 bits per heavy atom. The van der Waals surface area contributed by atoms with Crippen LogP contribution in [0, 0.1) is 0 Å². The van der Waals surface area contributed by atoms with E-state index < -0.39 is 5.97 Å². The zero-order valence-corrected chi connectivity index (χ0v) is 11.0. The van der Waals surface area contributed by atoms with Crippen LogP contribution in [0.25, 0.3) is 11.5 Å². The van der Waals surface area contributed by atoms with Crippen molar-refractivity contribution < 1.29 is 14.3 Å². The monoisotopic (exact) mass is 263 g/mol. The molecule has 1 heterocycles. The Balaban J connectivity index is 2.40. The molecule has 0 aliphatic carbocycles. The lowest BCUT2D eigenvalue weighted by Crippen LogP contribution is -1.98. The average Bonchev–Trinajstić information content (AvgIpc) is 2.83. The maximum Gasteiger partial charge on any atom is 0.373 e. The van der Waals surface area contributed by atoms with E-state index in [4.69, 9.17) is 9.52 Å². The molecule has 0 fully saturated rings. The van der Waals surface area contributed by atoms with E-state index in [0.717, 1.165) is 10.5 Å². The number of oxazole rings is 1. The second-order valence-electron chi connectivity index (χ2n) is 3.68. The van der Waals surface area contributed by atoms with Crippen LogP contribution in [0.2, 0.25) is 0 Å². The molecule has 0 atom stereocenters. The first-order chi connectivity index (χ1) is 8.65. The van der Waals surface area contributed by atoms with Gasteiger partial charge in [-0.1, -0.05) is 6.92 Å². The predicted octanol–water partition coefficient (Wildman–Crippen LogP) is 3.32. The van der Waals surface area contributed by atoms with Gasteiger partial charge >= 0.3 is 5.97 Å². The maximum atomic E-state index is 11.0. The molecular formula is C13H13NO3S. The number of hydrogen-bond acceptors (Lipinski definition) is 4. The Bertz CT molecular complexity index is 560. The number of aryl methyl sites for hydroxylation is 1. The molecule has 1 N–H and O–H groups in total. The molecule has 2 rings (SSSR count). The zero-order chi connectivity index (χ0) is 13.1. The number of aromatic carboxylic acids is 1. The summed E-state index contributed by atoms with van der Waals surface area (Å²) >= 11 is 1.65. The molecule has 0 amide bonds. The van der Waals surface area contributed by atoms with Gasteiger partial charge in [0, 0.05) is 10.5 Å². The van der Waals surface area contributed by atoms with E-state index in [-0.39, 0.29) is 5.76 Å². The normalized spacial score (nSPS) is 10.6. The summed E-state index contributed by atoms with van der Waals surface area (Å²) in [5.74, 6) is -0.787. The van der Waals surface area contributed by atoms with Crippen LogP contribution in [-0.4, -0.2) is 22.3 Å². The molecule has 1 aromatic heterocycles. The summed E-state index contributed by atoms with van der Waals surface area (Å²) in [6.07, 6.45) is 2.53. The van der Waals surface area contributed by atoms with Crippen LogP contribution in [0.5, 0.6) is 0 Å². The number of benzene rings is 1. The second-order valence-corrected chi connectivity index (χ2v) is 4.56. The fourth-order valence-corrected chi connectivity index (χ4v) is 2.02. The van der Waals surface area contributed by atoms with Gasteiger partial charge in [-0.15, -0.1) is 11.8 Å². The van der Waals surface area contributed by atoms with Crippen molar-refractivity contribution in [2.75, 3.05) is 6.26 Å². The van der Waals surface area contributed by atoms with E-state index in [1.165, 1.54) is 0 Å². The summed E-state index contributed by atoms with van der Waals surface area (Å²) in [5.41, 5.74) is 1.27. The van der Waals surface area contributed by atoms with E-state index in [0.29, 0.717) is 18.0 Å². The highest BCUT2D eigenvalue weighted by Crippen LogP contribution is 2.25. The van der Waals surface area contributed by atoms with Crippen molar-refractivity contribution in [2.24, 2.45) is 0 Å². The maximum absolute atomic E-state index is 11.0. The molecule has 0 radical (unpaired) electrons. The number of thioether (sulfide) groups is 1. The Labute approximate surface area is 109 Å². The summed E-state index contributed by atoms with van der Waals surface area (Å²) in [6.45, 7) is 1.85. The minimum Gasteiger partial charge on any atom is -0.475 e. The van der Waals surface area contributed by atoms with Crippen molar-refractivity contribution >= 4 is 17.7 Å². The third-order valence-electron chi connectivity index (χ3n) is 2.56. The number of carbonyl (C=O) groups is 1. The topological polar surface area (TPSA) is 63.3 Å². The van der Waals surface area contributed by atoms with Crippen LogP contribution in [0.15, 0.2) is 33.6 Å². The van der Waals surface area contributed by atoms with E-state index in [2.05, 4.69) is 4.98 Å². The zero-order valence-electron chi connectivity index (χ0n) is 10.1. The summed E-state index contributed by atoms with van der Waals surface area (Å²) in [7, 11) is 0. The first kappa shape index (κ1) is 12.7. The Morgan fingerprint density at radius 2 is 2.06 bits per heavy atom. The van der Waals surface area contributed by atoms with Gasteiger partial charge < -0.3 is 9.52 Å². The predicted molar refractivity (Wildman–Crippen MR) is 70.1 cm³/mol. The molecule has 94 valence electrons. The van der Waals surface area contributed by atoms with Crippen LogP contribution >= 0.6 is 11.8 Å². The van der Waals surface area contributed by atoms with Crippen LogP contribution in [0.3, 0.4) is 0 Å². The molecule has 0 unspecified atom stereocenters. The number of aromatic nitrogens is 1. The SMILES string of the molecule is CCc1nc(-c2ccc(SC)cc2)oc1C(=O)O. The van der Waals surface area contributed by atoms with Crippen LogP contribution < -0.4 is 0 Å². The van der Waals surface area contributed by atoms with Gasteiger partial charge in [0.25, 0.3) is 0 Å². The summed E-state index contributed by atoms with van der Waals surface area (Å²) in [5, 5.41) is 9.00.